The molecular formula is C10H3Cl2NO. The van der Waals surface area contributed by atoms with Crippen LogP contribution in [0.1, 0.15) is 15.9 Å². The standard InChI is InChI=1S/C10H3Cl2NO/c11-9-6-7(2-1-5-13)3-4-8(9)10(12)14/h3-4,6H. The molecular weight excluding hydrogens is 221 g/mol. The molecule has 0 fully saturated rings. The normalized spacial score (nSPS) is 8.36. The second-order valence-corrected chi connectivity index (χ2v) is 3.08. The lowest BCUT2D eigenvalue weighted by atomic mass is 10.1. The largest absolute Gasteiger partial charge is 0.276 e. The fourth-order valence-corrected chi connectivity index (χ4v) is 1.33. The van der Waals surface area contributed by atoms with Gasteiger partial charge in [0.15, 0.2) is 6.07 Å². The van der Waals surface area contributed by atoms with Crippen LogP contribution >= 0.6 is 23.2 Å². The Hall–Kier alpha value is -1.48. The summed E-state index contributed by atoms with van der Waals surface area (Å²) in [7, 11) is 0. The van der Waals surface area contributed by atoms with E-state index >= 15 is 0 Å². The maximum absolute atomic E-state index is 10.8. The molecule has 1 aromatic carbocycles. The van der Waals surface area contributed by atoms with Gasteiger partial charge in [0.1, 0.15) is 0 Å². The fraction of sp³-hybridized carbons (Fsp3) is 0. The van der Waals surface area contributed by atoms with Gasteiger partial charge < -0.3 is 0 Å². The number of carbonyl (C=O) groups excluding carboxylic acids is 1. The zero-order valence-corrected chi connectivity index (χ0v) is 8.36. The van der Waals surface area contributed by atoms with Crippen molar-refractivity contribution in [3.05, 3.63) is 34.3 Å². The Kier molecular flexibility index (Phi) is 3.54. The van der Waals surface area contributed by atoms with Crippen molar-refractivity contribution < 1.29 is 4.79 Å². The first-order valence-corrected chi connectivity index (χ1v) is 4.30. The summed E-state index contributed by atoms with van der Waals surface area (Å²) >= 11 is 11.0. The molecule has 0 spiro atoms. The van der Waals surface area contributed by atoms with Crippen LogP contribution in [0.15, 0.2) is 18.2 Å². The Labute approximate surface area is 91.1 Å². The summed E-state index contributed by atoms with van der Waals surface area (Å²) in [6.07, 6.45) is 0. The van der Waals surface area contributed by atoms with E-state index in [9.17, 15) is 4.79 Å². The molecule has 0 aliphatic carbocycles. The molecule has 0 amide bonds. The first kappa shape index (κ1) is 10.6. The third kappa shape index (κ3) is 2.50. The first-order chi connectivity index (χ1) is 6.65. The Bertz CT molecular complexity index is 477. The van der Waals surface area contributed by atoms with E-state index in [-0.39, 0.29) is 10.6 Å². The van der Waals surface area contributed by atoms with Crippen LogP contribution in [0, 0.1) is 23.2 Å². The van der Waals surface area contributed by atoms with Gasteiger partial charge in [-0.3, -0.25) is 4.79 Å². The van der Waals surface area contributed by atoms with E-state index in [1.807, 2.05) is 0 Å². The van der Waals surface area contributed by atoms with Crippen LogP contribution < -0.4 is 0 Å². The van der Waals surface area contributed by atoms with Crippen LogP contribution in [0.2, 0.25) is 5.02 Å². The average molecular weight is 224 g/mol. The van der Waals surface area contributed by atoms with Gasteiger partial charge in [-0.25, -0.2) is 0 Å². The number of hydrogen-bond donors (Lipinski definition) is 0. The van der Waals surface area contributed by atoms with Crippen molar-refractivity contribution in [2.45, 2.75) is 0 Å². The highest BCUT2D eigenvalue weighted by Crippen LogP contribution is 2.19. The van der Waals surface area contributed by atoms with E-state index in [1.165, 1.54) is 12.1 Å². The SMILES string of the molecule is N#CC#Cc1ccc(C(=O)Cl)c(Cl)c1. The van der Waals surface area contributed by atoms with Crippen molar-refractivity contribution in [3.63, 3.8) is 0 Å². The van der Waals surface area contributed by atoms with E-state index in [0.717, 1.165) is 0 Å². The fourth-order valence-electron chi connectivity index (χ4n) is 0.852. The molecule has 14 heavy (non-hydrogen) atoms. The quantitative estimate of drug-likeness (QED) is 0.543. The molecule has 0 radical (unpaired) electrons. The predicted molar refractivity (Wildman–Crippen MR) is 54.1 cm³/mol. The minimum absolute atomic E-state index is 0.231. The van der Waals surface area contributed by atoms with Crippen molar-refractivity contribution in [3.8, 4) is 17.9 Å². The summed E-state index contributed by atoms with van der Waals surface area (Å²) in [6.45, 7) is 0. The zero-order valence-electron chi connectivity index (χ0n) is 6.84. The van der Waals surface area contributed by atoms with Gasteiger partial charge in [-0.15, -0.1) is 0 Å². The van der Waals surface area contributed by atoms with Gasteiger partial charge in [0.05, 0.1) is 10.6 Å². The third-order valence-corrected chi connectivity index (χ3v) is 1.96. The van der Waals surface area contributed by atoms with Crippen LogP contribution in [0.5, 0.6) is 0 Å². The minimum atomic E-state index is -0.616. The van der Waals surface area contributed by atoms with Crippen molar-refractivity contribution in [1.29, 1.82) is 5.26 Å². The molecule has 1 aromatic rings. The predicted octanol–water partition coefficient (Wildman–Crippen LogP) is 2.59. The molecule has 0 saturated heterocycles. The number of hydrogen-bond acceptors (Lipinski definition) is 2. The van der Waals surface area contributed by atoms with E-state index in [0.29, 0.717) is 5.56 Å². The van der Waals surface area contributed by atoms with E-state index in [1.54, 1.807) is 12.1 Å². The number of carbonyl (C=O) groups is 1. The molecule has 1 rings (SSSR count). The van der Waals surface area contributed by atoms with Gasteiger partial charge in [0, 0.05) is 11.5 Å². The molecule has 0 aliphatic heterocycles. The Morgan fingerprint density at radius 3 is 2.64 bits per heavy atom. The van der Waals surface area contributed by atoms with Crippen LogP contribution in [-0.2, 0) is 0 Å². The van der Waals surface area contributed by atoms with Gasteiger partial charge in [-0.05, 0) is 29.8 Å². The molecule has 0 unspecified atom stereocenters. The summed E-state index contributed by atoms with van der Waals surface area (Å²) in [6, 6.07) is 6.21. The summed E-state index contributed by atoms with van der Waals surface area (Å²) in [5.74, 6) is 4.77. The Morgan fingerprint density at radius 2 is 2.14 bits per heavy atom. The van der Waals surface area contributed by atoms with E-state index in [2.05, 4.69) is 11.8 Å². The lowest BCUT2D eigenvalue weighted by molar-refractivity contribution is 0.108. The lowest BCUT2D eigenvalue weighted by Gasteiger charge is -1.97. The monoisotopic (exact) mass is 223 g/mol. The summed E-state index contributed by atoms with van der Waals surface area (Å²) in [4.78, 5) is 10.8. The number of benzene rings is 1. The second kappa shape index (κ2) is 4.67. The van der Waals surface area contributed by atoms with Gasteiger partial charge in [-0.1, -0.05) is 17.5 Å². The Morgan fingerprint density at radius 1 is 1.43 bits per heavy atom. The number of nitrogens with zero attached hydrogens (tertiary/aromatic N) is 1. The molecule has 0 aromatic heterocycles. The van der Waals surface area contributed by atoms with E-state index in [4.69, 9.17) is 28.5 Å². The highest BCUT2D eigenvalue weighted by Gasteiger charge is 2.06. The average Bonchev–Trinajstić information content (AvgIpc) is 2.14. The number of halogens is 2. The topological polar surface area (TPSA) is 40.9 Å². The third-order valence-electron chi connectivity index (χ3n) is 1.44. The molecule has 0 saturated carbocycles. The van der Waals surface area contributed by atoms with Crippen molar-refractivity contribution >= 4 is 28.4 Å². The molecule has 0 aliphatic rings. The molecule has 0 heterocycles. The molecule has 0 bridgehead atoms. The van der Waals surface area contributed by atoms with Gasteiger partial charge in [0.2, 0.25) is 0 Å². The molecule has 0 N–H and O–H groups in total. The molecule has 4 heteroatoms. The summed E-state index contributed by atoms with van der Waals surface area (Å²) in [5, 5.41) is 7.82. The minimum Gasteiger partial charge on any atom is -0.276 e. The van der Waals surface area contributed by atoms with Crippen LogP contribution in [0.3, 0.4) is 0 Å². The maximum Gasteiger partial charge on any atom is 0.253 e. The summed E-state index contributed by atoms with van der Waals surface area (Å²) < 4.78 is 0. The van der Waals surface area contributed by atoms with Crippen LogP contribution in [0.4, 0.5) is 0 Å². The number of nitriles is 1. The zero-order chi connectivity index (χ0) is 10.6. The highest BCUT2D eigenvalue weighted by molar-refractivity contribution is 6.68. The smallest absolute Gasteiger partial charge is 0.253 e. The van der Waals surface area contributed by atoms with Gasteiger partial charge in [0.25, 0.3) is 5.24 Å². The van der Waals surface area contributed by atoms with Crippen molar-refractivity contribution in [1.82, 2.24) is 0 Å². The summed E-state index contributed by atoms with van der Waals surface area (Å²) in [5.41, 5.74) is 0.800. The molecule has 0 atom stereocenters. The number of rotatable bonds is 1. The molecule has 68 valence electrons. The Balaban J connectivity index is 3.14. The van der Waals surface area contributed by atoms with Gasteiger partial charge in [-0.2, -0.15) is 5.26 Å². The van der Waals surface area contributed by atoms with Gasteiger partial charge >= 0.3 is 0 Å². The second-order valence-electron chi connectivity index (χ2n) is 2.33. The lowest BCUT2D eigenvalue weighted by Crippen LogP contribution is -1.90. The van der Waals surface area contributed by atoms with Crippen LogP contribution in [-0.4, -0.2) is 5.24 Å². The van der Waals surface area contributed by atoms with E-state index < -0.39 is 5.24 Å². The highest BCUT2D eigenvalue weighted by atomic mass is 35.5. The van der Waals surface area contributed by atoms with Crippen LogP contribution in [0.25, 0.3) is 0 Å². The molecule has 2 nitrogen and oxygen atoms in total. The first-order valence-electron chi connectivity index (χ1n) is 3.54. The van der Waals surface area contributed by atoms with Crippen molar-refractivity contribution in [2.24, 2.45) is 0 Å². The van der Waals surface area contributed by atoms with Crippen molar-refractivity contribution in [2.75, 3.05) is 0 Å². The maximum atomic E-state index is 10.8.